The third-order valence-corrected chi connectivity index (χ3v) is 3.50. The summed E-state index contributed by atoms with van der Waals surface area (Å²) in [5.41, 5.74) is 0. The molecule has 0 aromatic heterocycles. The summed E-state index contributed by atoms with van der Waals surface area (Å²) in [7, 11) is -3.85. The predicted octanol–water partition coefficient (Wildman–Crippen LogP) is 1.52. The third-order valence-electron chi connectivity index (χ3n) is 2.70. The van der Waals surface area contributed by atoms with Crippen LogP contribution in [0.4, 0.5) is 0 Å². The number of rotatable bonds is 17. The van der Waals surface area contributed by atoms with Crippen LogP contribution in [-0.4, -0.2) is 71.6 Å². The lowest BCUT2D eigenvalue weighted by Crippen LogP contribution is -2.12. The maximum Gasteiger partial charge on any atom is 0.264 e. The van der Waals surface area contributed by atoms with Crippen LogP contribution in [0.1, 0.15) is 32.6 Å². The van der Waals surface area contributed by atoms with Gasteiger partial charge in [-0.05, 0) is 19.3 Å². The van der Waals surface area contributed by atoms with Gasteiger partial charge in [-0.15, -0.1) is 0 Å². The Morgan fingerprint density at radius 3 is 1.50 bits per heavy atom. The molecule has 0 unspecified atom stereocenters. The van der Waals surface area contributed by atoms with Gasteiger partial charge in [-0.25, -0.2) is 0 Å². The van der Waals surface area contributed by atoms with Crippen LogP contribution in [0.5, 0.6) is 0 Å². The lowest BCUT2D eigenvalue weighted by Gasteiger charge is -2.07. The number of hydrogen-bond acceptors (Lipinski definition) is 6. The standard InChI is InChI=1S/C14H30O7S/c1-2-3-6-18-8-10-20-12-13-21-11-9-19-7-4-5-14-22(15,16)17/h2-14H2,1H3,(H,15,16,17). The molecule has 0 fully saturated rings. The van der Waals surface area contributed by atoms with Crippen LogP contribution < -0.4 is 0 Å². The smallest absolute Gasteiger partial charge is 0.264 e. The lowest BCUT2D eigenvalue weighted by atomic mass is 10.4. The highest BCUT2D eigenvalue weighted by Gasteiger charge is 2.02. The Bertz CT molecular complexity index is 319. The molecule has 0 aliphatic carbocycles. The van der Waals surface area contributed by atoms with E-state index < -0.39 is 10.1 Å². The fourth-order valence-electron chi connectivity index (χ4n) is 1.50. The second-order valence-electron chi connectivity index (χ2n) is 4.80. The van der Waals surface area contributed by atoms with Crippen LogP contribution in [0, 0.1) is 0 Å². The van der Waals surface area contributed by atoms with Crippen molar-refractivity contribution < 1.29 is 31.9 Å². The largest absolute Gasteiger partial charge is 0.379 e. The van der Waals surface area contributed by atoms with Crippen molar-refractivity contribution in [3.8, 4) is 0 Å². The number of hydrogen-bond donors (Lipinski definition) is 1. The van der Waals surface area contributed by atoms with Crippen molar-refractivity contribution in [2.75, 3.05) is 58.6 Å². The Balaban J connectivity index is 3.03. The van der Waals surface area contributed by atoms with E-state index in [-0.39, 0.29) is 5.75 Å². The van der Waals surface area contributed by atoms with Crippen LogP contribution in [0.25, 0.3) is 0 Å². The molecule has 134 valence electrons. The van der Waals surface area contributed by atoms with Crippen LogP contribution in [0.3, 0.4) is 0 Å². The molecule has 0 saturated heterocycles. The first-order valence-corrected chi connectivity index (χ1v) is 9.43. The van der Waals surface area contributed by atoms with Crippen molar-refractivity contribution in [2.24, 2.45) is 0 Å². The first-order chi connectivity index (χ1) is 10.6. The van der Waals surface area contributed by atoms with E-state index in [1.165, 1.54) is 0 Å². The molecule has 8 heteroatoms. The van der Waals surface area contributed by atoms with E-state index in [4.69, 9.17) is 23.5 Å². The highest BCUT2D eigenvalue weighted by Crippen LogP contribution is 1.94. The maximum absolute atomic E-state index is 10.5. The van der Waals surface area contributed by atoms with Gasteiger partial charge < -0.3 is 18.9 Å². The van der Waals surface area contributed by atoms with Gasteiger partial charge in [-0.2, -0.15) is 8.42 Å². The van der Waals surface area contributed by atoms with Crippen molar-refractivity contribution in [1.82, 2.24) is 0 Å². The topological polar surface area (TPSA) is 91.3 Å². The number of unbranched alkanes of at least 4 members (excludes halogenated alkanes) is 2. The molecule has 0 amide bonds. The predicted molar refractivity (Wildman–Crippen MR) is 83.8 cm³/mol. The highest BCUT2D eigenvalue weighted by atomic mass is 32.2. The van der Waals surface area contributed by atoms with Crippen LogP contribution >= 0.6 is 0 Å². The molecule has 1 N–H and O–H groups in total. The molecule has 7 nitrogen and oxygen atoms in total. The summed E-state index contributed by atoms with van der Waals surface area (Å²) >= 11 is 0. The first-order valence-electron chi connectivity index (χ1n) is 7.82. The molecule has 0 atom stereocenters. The molecule has 0 aromatic rings. The monoisotopic (exact) mass is 342 g/mol. The zero-order valence-electron chi connectivity index (χ0n) is 13.5. The van der Waals surface area contributed by atoms with Gasteiger partial charge in [0.15, 0.2) is 0 Å². The summed E-state index contributed by atoms with van der Waals surface area (Å²) in [6, 6.07) is 0. The Morgan fingerprint density at radius 1 is 0.682 bits per heavy atom. The average Bonchev–Trinajstić information content (AvgIpc) is 2.45. The van der Waals surface area contributed by atoms with Crippen molar-refractivity contribution in [3.63, 3.8) is 0 Å². The van der Waals surface area contributed by atoms with Gasteiger partial charge in [0.2, 0.25) is 0 Å². The summed E-state index contributed by atoms with van der Waals surface area (Å²) in [6.07, 6.45) is 3.21. The fraction of sp³-hybridized carbons (Fsp3) is 1.00. The molecule has 0 aliphatic heterocycles. The summed E-state index contributed by atoms with van der Waals surface area (Å²) in [5, 5.41) is 0. The fourth-order valence-corrected chi connectivity index (χ4v) is 2.07. The minimum Gasteiger partial charge on any atom is -0.379 e. The van der Waals surface area contributed by atoms with E-state index >= 15 is 0 Å². The minimum atomic E-state index is -3.85. The van der Waals surface area contributed by atoms with Crippen LogP contribution in [-0.2, 0) is 29.1 Å². The van der Waals surface area contributed by atoms with Crippen molar-refractivity contribution >= 4 is 10.1 Å². The molecule has 0 saturated carbocycles. The van der Waals surface area contributed by atoms with Gasteiger partial charge >= 0.3 is 0 Å². The SMILES string of the molecule is CCCCOCCOCCOCCOCCCCS(=O)(=O)O. The number of ether oxygens (including phenoxy) is 4. The van der Waals surface area contributed by atoms with Gasteiger partial charge in [0.1, 0.15) is 0 Å². The van der Waals surface area contributed by atoms with Gasteiger partial charge in [-0.3, -0.25) is 4.55 Å². The van der Waals surface area contributed by atoms with E-state index in [0.29, 0.717) is 59.1 Å². The third kappa shape index (κ3) is 19.8. The van der Waals surface area contributed by atoms with Gasteiger partial charge in [-0.1, -0.05) is 13.3 Å². The molecule has 0 aliphatic rings. The van der Waals surface area contributed by atoms with Crippen LogP contribution in [0.15, 0.2) is 0 Å². The average molecular weight is 342 g/mol. The van der Waals surface area contributed by atoms with Crippen molar-refractivity contribution in [2.45, 2.75) is 32.6 Å². The molecule has 0 spiro atoms. The van der Waals surface area contributed by atoms with E-state index in [2.05, 4.69) is 6.92 Å². The molecular weight excluding hydrogens is 312 g/mol. The minimum absolute atomic E-state index is 0.216. The quantitative estimate of drug-likeness (QED) is 0.316. The lowest BCUT2D eigenvalue weighted by molar-refractivity contribution is -0.00227. The Hall–Kier alpha value is -0.250. The van der Waals surface area contributed by atoms with E-state index in [1.54, 1.807) is 0 Å². The summed E-state index contributed by atoms with van der Waals surface area (Å²) in [6.45, 7) is 6.57. The van der Waals surface area contributed by atoms with Gasteiger partial charge in [0.05, 0.1) is 45.4 Å². The maximum atomic E-state index is 10.5. The molecule has 0 bridgehead atoms. The van der Waals surface area contributed by atoms with Crippen molar-refractivity contribution in [1.29, 1.82) is 0 Å². The normalized spacial score (nSPS) is 11.9. The zero-order chi connectivity index (χ0) is 16.5. The molecule has 0 rings (SSSR count). The van der Waals surface area contributed by atoms with Crippen molar-refractivity contribution in [3.05, 3.63) is 0 Å². The molecule has 22 heavy (non-hydrogen) atoms. The Morgan fingerprint density at radius 2 is 1.09 bits per heavy atom. The molecular formula is C14H30O7S. The second-order valence-corrected chi connectivity index (χ2v) is 6.37. The second kappa shape index (κ2) is 15.6. The summed E-state index contributed by atoms with van der Waals surface area (Å²) in [5.74, 6) is -0.216. The summed E-state index contributed by atoms with van der Waals surface area (Å²) < 4.78 is 50.7. The molecule has 0 radical (unpaired) electrons. The Labute approximate surface area is 134 Å². The highest BCUT2D eigenvalue weighted by molar-refractivity contribution is 7.85. The van der Waals surface area contributed by atoms with E-state index in [0.717, 1.165) is 19.4 Å². The first kappa shape index (κ1) is 21.8. The van der Waals surface area contributed by atoms with E-state index in [1.807, 2.05) is 0 Å². The van der Waals surface area contributed by atoms with Gasteiger partial charge in [0, 0.05) is 13.2 Å². The van der Waals surface area contributed by atoms with Gasteiger partial charge in [0.25, 0.3) is 10.1 Å². The van der Waals surface area contributed by atoms with Crippen LogP contribution in [0.2, 0.25) is 0 Å². The Kier molecular flexibility index (Phi) is 15.5. The molecule has 0 aromatic carbocycles. The van der Waals surface area contributed by atoms with E-state index in [9.17, 15) is 8.42 Å². The molecule has 0 heterocycles. The summed E-state index contributed by atoms with van der Waals surface area (Å²) in [4.78, 5) is 0. The zero-order valence-corrected chi connectivity index (χ0v) is 14.3.